The van der Waals surface area contributed by atoms with E-state index in [0.717, 1.165) is 24.8 Å². The zero-order valence-electron chi connectivity index (χ0n) is 25.5. The second-order valence-corrected chi connectivity index (χ2v) is 11.9. The number of nitrogens with zero attached hydrogens (tertiary/aromatic N) is 1. The molecule has 2 atom stereocenters. The molecule has 0 amide bonds. The fraction of sp³-hybridized carbons (Fsp3) is 0.629. The van der Waals surface area contributed by atoms with Crippen LogP contribution in [-0.2, 0) is 9.63 Å². The molecule has 1 saturated heterocycles. The van der Waals surface area contributed by atoms with Gasteiger partial charge in [-0.1, -0.05) is 96.1 Å². The smallest absolute Gasteiger partial charge is 0.325 e. The topological polar surface area (TPSA) is 57.2 Å². The van der Waals surface area contributed by atoms with Gasteiger partial charge in [-0.25, -0.2) is 4.39 Å². The molecule has 0 bridgehead atoms. The van der Waals surface area contributed by atoms with Crippen LogP contribution in [0, 0.1) is 11.7 Å². The highest BCUT2D eigenvalue weighted by Gasteiger charge is 2.33. The van der Waals surface area contributed by atoms with Crippen LogP contribution < -0.4 is 14.2 Å². The highest BCUT2D eigenvalue weighted by atomic mass is 19.1. The number of hydroxylamine groups is 2. The Labute approximate surface area is 251 Å². The normalized spacial score (nSPS) is 18.2. The zero-order valence-corrected chi connectivity index (χ0v) is 25.5. The predicted octanol–water partition coefficient (Wildman–Crippen LogP) is 8.98. The summed E-state index contributed by atoms with van der Waals surface area (Å²) >= 11 is 0. The van der Waals surface area contributed by atoms with Gasteiger partial charge in [-0.05, 0) is 48.6 Å². The second kappa shape index (κ2) is 18.0. The molecule has 2 heterocycles. The van der Waals surface area contributed by atoms with Gasteiger partial charge >= 0.3 is 5.97 Å². The first-order valence-electron chi connectivity index (χ1n) is 16.4. The summed E-state index contributed by atoms with van der Waals surface area (Å²) in [6, 6.07) is 12.3. The van der Waals surface area contributed by atoms with Crippen LogP contribution in [-0.4, -0.2) is 37.5 Å². The summed E-state index contributed by atoms with van der Waals surface area (Å²) in [5.41, 5.74) is 1.08. The van der Waals surface area contributed by atoms with E-state index in [9.17, 15) is 9.18 Å². The molecule has 0 saturated carbocycles. The number of hydrogen-bond donors (Lipinski definition) is 0. The SMILES string of the molecule is CCCCCCCCCCCCCCCC(=O)ON1CC[C@@H](c2ccc(F)cc2)[C@H](COc2ccc3c(c2)OCO3)C1. The molecule has 0 radical (unpaired) electrons. The standard InChI is InChI=1S/C35H50FNO5/c1-2-3-4-5-6-7-8-9-10-11-12-13-14-15-35(38)42-37-23-22-32(28-16-18-30(36)19-17-28)29(25-37)26-39-31-20-21-33-34(24-31)41-27-40-33/h16-21,24,29,32H,2-15,22-23,25-27H2,1H3/t29-,32-/m0/s1. The van der Waals surface area contributed by atoms with Crippen molar-refractivity contribution in [3.05, 3.63) is 53.8 Å². The van der Waals surface area contributed by atoms with E-state index >= 15 is 0 Å². The minimum atomic E-state index is -0.244. The summed E-state index contributed by atoms with van der Waals surface area (Å²) in [5, 5.41) is 1.79. The third kappa shape index (κ3) is 10.8. The predicted molar refractivity (Wildman–Crippen MR) is 163 cm³/mol. The molecule has 2 aromatic rings. The lowest BCUT2D eigenvalue weighted by Crippen LogP contribution is -2.42. The Bertz CT molecular complexity index is 1060. The molecule has 232 valence electrons. The number of ether oxygens (including phenoxy) is 3. The van der Waals surface area contributed by atoms with Gasteiger partial charge in [0.25, 0.3) is 0 Å². The Morgan fingerprint density at radius 3 is 2.19 bits per heavy atom. The van der Waals surface area contributed by atoms with E-state index in [1.54, 1.807) is 5.06 Å². The number of piperidine rings is 1. The van der Waals surface area contributed by atoms with Crippen LogP contribution in [0.5, 0.6) is 17.2 Å². The minimum absolute atomic E-state index is 0.0683. The molecule has 2 aromatic carbocycles. The summed E-state index contributed by atoms with van der Waals surface area (Å²) in [4.78, 5) is 18.4. The molecule has 2 aliphatic rings. The summed E-state index contributed by atoms with van der Waals surface area (Å²) in [5.74, 6) is 1.93. The van der Waals surface area contributed by atoms with Gasteiger partial charge in [0.1, 0.15) is 11.6 Å². The average molecular weight is 584 g/mol. The third-order valence-corrected chi connectivity index (χ3v) is 8.52. The maximum absolute atomic E-state index is 13.6. The van der Waals surface area contributed by atoms with E-state index in [-0.39, 0.29) is 30.4 Å². The Morgan fingerprint density at radius 1 is 0.857 bits per heavy atom. The Morgan fingerprint density at radius 2 is 1.50 bits per heavy atom. The highest BCUT2D eigenvalue weighted by molar-refractivity contribution is 5.68. The lowest BCUT2D eigenvalue weighted by molar-refractivity contribution is -0.200. The molecule has 7 heteroatoms. The number of unbranched alkanes of at least 4 members (excludes halogenated alkanes) is 12. The van der Waals surface area contributed by atoms with Gasteiger partial charge in [0, 0.05) is 31.5 Å². The summed E-state index contributed by atoms with van der Waals surface area (Å²) < 4.78 is 30.7. The van der Waals surface area contributed by atoms with Gasteiger partial charge in [0.05, 0.1) is 6.61 Å². The molecule has 1 fully saturated rings. The van der Waals surface area contributed by atoms with E-state index < -0.39 is 0 Å². The number of halogens is 1. The quantitative estimate of drug-likeness (QED) is 0.154. The van der Waals surface area contributed by atoms with E-state index in [0.29, 0.717) is 43.4 Å². The molecule has 0 spiro atoms. The zero-order chi connectivity index (χ0) is 29.4. The summed E-state index contributed by atoms with van der Waals surface area (Å²) in [6.45, 7) is 4.13. The van der Waals surface area contributed by atoms with Crippen molar-refractivity contribution in [2.75, 3.05) is 26.5 Å². The lowest BCUT2D eigenvalue weighted by atomic mass is 9.81. The Balaban J connectivity index is 1.15. The third-order valence-electron chi connectivity index (χ3n) is 8.52. The second-order valence-electron chi connectivity index (χ2n) is 11.9. The van der Waals surface area contributed by atoms with Crippen molar-refractivity contribution in [2.45, 2.75) is 109 Å². The first-order chi connectivity index (χ1) is 20.6. The van der Waals surface area contributed by atoms with E-state index in [2.05, 4.69) is 6.92 Å². The fourth-order valence-electron chi connectivity index (χ4n) is 6.05. The van der Waals surface area contributed by atoms with Crippen molar-refractivity contribution in [2.24, 2.45) is 5.92 Å². The molecule has 0 aliphatic carbocycles. The number of hydrogen-bond acceptors (Lipinski definition) is 6. The number of carbonyl (C=O) groups excluding carboxylic acids is 1. The van der Waals surface area contributed by atoms with E-state index in [1.807, 2.05) is 30.3 Å². The number of rotatable bonds is 19. The van der Waals surface area contributed by atoms with Gasteiger partial charge in [-0.2, -0.15) is 0 Å². The summed E-state index contributed by atoms with van der Waals surface area (Å²) in [7, 11) is 0. The maximum Gasteiger partial charge on any atom is 0.325 e. The summed E-state index contributed by atoms with van der Waals surface area (Å²) in [6.07, 6.45) is 17.9. The van der Waals surface area contributed by atoms with Crippen molar-refractivity contribution in [1.29, 1.82) is 0 Å². The molecule has 42 heavy (non-hydrogen) atoms. The molecule has 4 rings (SSSR count). The number of fused-ring (bicyclic) bond motifs is 1. The van der Waals surface area contributed by atoms with Crippen molar-refractivity contribution >= 4 is 5.97 Å². The molecule has 0 unspecified atom stereocenters. The van der Waals surface area contributed by atoms with Crippen molar-refractivity contribution in [1.82, 2.24) is 5.06 Å². The Hall–Kier alpha value is -2.80. The number of carbonyl (C=O) groups is 1. The van der Waals surface area contributed by atoms with Gasteiger partial charge < -0.3 is 19.0 Å². The van der Waals surface area contributed by atoms with Gasteiger partial charge in [-0.3, -0.25) is 4.79 Å². The van der Waals surface area contributed by atoms with Gasteiger partial charge in [0.2, 0.25) is 6.79 Å². The van der Waals surface area contributed by atoms with Crippen molar-refractivity contribution in [3.8, 4) is 17.2 Å². The molecular formula is C35H50FNO5. The monoisotopic (exact) mass is 583 g/mol. The molecular weight excluding hydrogens is 533 g/mol. The van der Waals surface area contributed by atoms with Crippen LogP contribution in [0.15, 0.2) is 42.5 Å². The highest BCUT2D eigenvalue weighted by Crippen LogP contribution is 2.37. The first kappa shape index (κ1) is 32.1. The van der Waals surface area contributed by atoms with Crippen LogP contribution in [0.3, 0.4) is 0 Å². The van der Waals surface area contributed by atoms with Gasteiger partial charge in [-0.15, -0.1) is 5.06 Å². The largest absolute Gasteiger partial charge is 0.493 e. The lowest BCUT2D eigenvalue weighted by Gasteiger charge is -2.37. The molecule has 2 aliphatic heterocycles. The van der Waals surface area contributed by atoms with E-state index in [1.165, 1.54) is 82.8 Å². The number of benzene rings is 2. The molecule has 0 N–H and O–H groups in total. The maximum atomic E-state index is 13.6. The van der Waals surface area contributed by atoms with Crippen LogP contribution in [0.4, 0.5) is 4.39 Å². The van der Waals surface area contributed by atoms with Crippen LogP contribution in [0.25, 0.3) is 0 Å². The first-order valence-corrected chi connectivity index (χ1v) is 16.4. The fourth-order valence-corrected chi connectivity index (χ4v) is 6.05. The van der Waals surface area contributed by atoms with Crippen LogP contribution in [0.1, 0.15) is 115 Å². The minimum Gasteiger partial charge on any atom is -0.493 e. The average Bonchev–Trinajstić information content (AvgIpc) is 3.47. The molecule has 6 nitrogen and oxygen atoms in total. The molecule has 0 aromatic heterocycles. The van der Waals surface area contributed by atoms with Crippen molar-refractivity contribution < 1.29 is 28.2 Å². The van der Waals surface area contributed by atoms with Crippen molar-refractivity contribution in [3.63, 3.8) is 0 Å². The van der Waals surface area contributed by atoms with Gasteiger partial charge in [0.15, 0.2) is 11.5 Å². The van der Waals surface area contributed by atoms with E-state index in [4.69, 9.17) is 19.0 Å². The van der Waals surface area contributed by atoms with Crippen LogP contribution in [0.2, 0.25) is 0 Å². The van der Waals surface area contributed by atoms with Crippen LogP contribution >= 0.6 is 0 Å². The Kier molecular flexibility index (Phi) is 13.8.